The van der Waals surface area contributed by atoms with Gasteiger partial charge in [-0.3, -0.25) is 9.48 Å². The molecule has 1 aromatic carbocycles. The van der Waals surface area contributed by atoms with Gasteiger partial charge in [0.25, 0.3) is 0 Å². The van der Waals surface area contributed by atoms with Gasteiger partial charge in [0.05, 0.1) is 22.8 Å². The predicted molar refractivity (Wildman–Crippen MR) is 85.9 cm³/mol. The van der Waals surface area contributed by atoms with Gasteiger partial charge in [-0.25, -0.2) is 0 Å². The number of rotatable bonds is 3. The smallest absolute Gasteiger partial charge is 0.228 e. The summed E-state index contributed by atoms with van der Waals surface area (Å²) < 4.78 is 1.79. The van der Waals surface area contributed by atoms with E-state index in [0.717, 1.165) is 28.1 Å². The van der Waals surface area contributed by atoms with E-state index in [9.17, 15) is 4.79 Å². The molecule has 1 N–H and O–H groups in total. The van der Waals surface area contributed by atoms with Crippen LogP contribution in [0.4, 0.5) is 5.69 Å². The average molecular weight is 306 g/mol. The van der Waals surface area contributed by atoms with Crippen molar-refractivity contribution in [2.45, 2.75) is 34.1 Å². The van der Waals surface area contributed by atoms with Gasteiger partial charge < -0.3 is 5.32 Å². The standard InChI is InChI=1S/C16H20ClN3O/c1-9-6-10(2)16(14(17)7-9)18-15(21)8-13-11(3)19-20(5)12(13)4/h6-7H,8H2,1-5H3,(H,18,21). The van der Waals surface area contributed by atoms with E-state index in [-0.39, 0.29) is 5.91 Å². The maximum absolute atomic E-state index is 12.3. The fraction of sp³-hybridized carbons (Fsp3) is 0.375. The zero-order valence-electron chi connectivity index (χ0n) is 13.0. The maximum atomic E-state index is 12.3. The Labute approximate surface area is 130 Å². The lowest BCUT2D eigenvalue weighted by Gasteiger charge is -2.11. The van der Waals surface area contributed by atoms with E-state index in [1.54, 1.807) is 4.68 Å². The van der Waals surface area contributed by atoms with Crippen molar-refractivity contribution in [1.82, 2.24) is 9.78 Å². The first-order valence-electron chi connectivity index (χ1n) is 6.85. The summed E-state index contributed by atoms with van der Waals surface area (Å²) in [7, 11) is 1.88. The third-order valence-corrected chi connectivity index (χ3v) is 3.99. The number of hydrogen-bond donors (Lipinski definition) is 1. The number of carbonyl (C=O) groups is 1. The average Bonchev–Trinajstić information content (AvgIpc) is 2.60. The van der Waals surface area contributed by atoms with Gasteiger partial charge in [-0.2, -0.15) is 5.10 Å². The van der Waals surface area contributed by atoms with Crippen molar-refractivity contribution >= 4 is 23.2 Å². The van der Waals surface area contributed by atoms with E-state index in [0.29, 0.717) is 17.1 Å². The molecule has 0 aliphatic heterocycles. The molecular formula is C16H20ClN3O. The number of hydrogen-bond acceptors (Lipinski definition) is 2. The lowest BCUT2D eigenvalue weighted by Crippen LogP contribution is -2.16. The number of carbonyl (C=O) groups excluding carboxylic acids is 1. The highest BCUT2D eigenvalue weighted by Gasteiger charge is 2.15. The Morgan fingerprint density at radius 1 is 1.29 bits per heavy atom. The third-order valence-electron chi connectivity index (χ3n) is 3.69. The highest BCUT2D eigenvalue weighted by atomic mass is 35.5. The van der Waals surface area contributed by atoms with Crippen LogP contribution < -0.4 is 5.32 Å². The Balaban J connectivity index is 2.20. The van der Waals surface area contributed by atoms with Crippen molar-refractivity contribution in [3.05, 3.63) is 45.2 Å². The lowest BCUT2D eigenvalue weighted by molar-refractivity contribution is -0.115. The van der Waals surface area contributed by atoms with Gasteiger partial charge >= 0.3 is 0 Å². The van der Waals surface area contributed by atoms with E-state index >= 15 is 0 Å². The van der Waals surface area contributed by atoms with E-state index in [1.165, 1.54) is 0 Å². The van der Waals surface area contributed by atoms with Gasteiger partial charge in [0.1, 0.15) is 0 Å². The number of aryl methyl sites for hydroxylation is 4. The Morgan fingerprint density at radius 2 is 1.95 bits per heavy atom. The molecule has 1 amide bonds. The molecule has 0 unspecified atom stereocenters. The summed E-state index contributed by atoms with van der Waals surface area (Å²) in [5.74, 6) is -0.0805. The molecule has 0 saturated carbocycles. The van der Waals surface area contributed by atoms with E-state index in [1.807, 2.05) is 46.9 Å². The molecule has 4 nitrogen and oxygen atoms in total. The normalized spacial score (nSPS) is 10.8. The first-order chi connectivity index (χ1) is 9.79. The second-order valence-corrected chi connectivity index (χ2v) is 5.84. The summed E-state index contributed by atoms with van der Waals surface area (Å²) >= 11 is 6.22. The van der Waals surface area contributed by atoms with E-state index in [2.05, 4.69) is 10.4 Å². The van der Waals surface area contributed by atoms with E-state index in [4.69, 9.17) is 11.6 Å². The molecule has 112 valence electrons. The Bertz CT molecular complexity index is 681. The van der Waals surface area contributed by atoms with Crippen LogP contribution in [0.1, 0.15) is 28.1 Å². The van der Waals surface area contributed by atoms with Crippen molar-refractivity contribution in [1.29, 1.82) is 0 Å². The molecule has 2 rings (SSSR count). The monoisotopic (exact) mass is 305 g/mol. The first kappa shape index (κ1) is 15.6. The number of halogens is 1. The zero-order chi connectivity index (χ0) is 15.7. The summed E-state index contributed by atoms with van der Waals surface area (Å²) in [6.07, 6.45) is 0.301. The van der Waals surface area contributed by atoms with E-state index < -0.39 is 0 Å². The number of amides is 1. The molecule has 0 saturated heterocycles. The minimum atomic E-state index is -0.0805. The molecule has 0 fully saturated rings. The summed E-state index contributed by atoms with van der Waals surface area (Å²) in [6, 6.07) is 3.85. The highest BCUT2D eigenvalue weighted by molar-refractivity contribution is 6.34. The van der Waals surface area contributed by atoms with Crippen LogP contribution >= 0.6 is 11.6 Å². The maximum Gasteiger partial charge on any atom is 0.228 e. The first-order valence-corrected chi connectivity index (χ1v) is 7.23. The summed E-state index contributed by atoms with van der Waals surface area (Å²) in [6.45, 7) is 7.80. The molecule has 0 spiro atoms. The Hall–Kier alpha value is -1.81. The summed E-state index contributed by atoms with van der Waals surface area (Å²) in [5.41, 5.74) is 5.59. The van der Waals surface area contributed by atoms with Crippen molar-refractivity contribution in [2.24, 2.45) is 7.05 Å². The molecule has 0 aliphatic rings. The molecule has 0 radical (unpaired) electrons. The molecule has 5 heteroatoms. The van der Waals surface area contributed by atoms with Gasteiger partial charge in [-0.15, -0.1) is 0 Å². The van der Waals surface area contributed by atoms with Gasteiger partial charge in [0, 0.05) is 18.3 Å². The van der Waals surface area contributed by atoms with Crippen LogP contribution in [-0.2, 0) is 18.3 Å². The van der Waals surface area contributed by atoms with Crippen LogP contribution in [-0.4, -0.2) is 15.7 Å². The van der Waals surface area contributed by atoms with Crippen molar-refractivity contribution in [2.75, 3.05) is 5.32 Å². The molecule has 1 heterocycles. The highest BCUT2D eigenvalue weighted by Crippen LogP contribution is 2.27. The molecule has 0 aliphatic carbocycles. The van der Waals surface area contributed by atoms with Gasteiger partial charge in [-0.05, 0) is 44.9 Å². The van der Waals surface area contributed by atoms with Crippen LogP contribution in [0, 0.1) is 27.7 Å². The van der Waals surface area contributed by atoms with Crippen molar-refractivity contribution < 1.29 is 4.79 Å². The molecular weight excluding hydrogens is 286 g/mol. The largest absolute Gasteiger partial charge is 0.324 e. The molecule has 2 aromatic rings. The minimum absolute atomic E-state index is 0.0805. The predicted octanol–water partition coefficient (Wildman–Crippen LogP) is 3.49. The Morgan fingerprint density at radius 3 is 2.48 bits per heavy atom. The minimum Gasteiger partial charge on any atom is -0.324 e. The number of anilines is 1. The van der Waals surface area contributed by atoms with Gasteiger partial charge in [-0.1, -0.05) is 17.7 Å². The zero-order valence-corrected chi connectivity index (χ0v) is 13.8. The van der Waals surface area contributed by atoms with Crippen molar-refractivity contribution in [3.63, 3.8) is 0 Å². The number of nitrogens with zero attached hydrogens (tertiary/aromatic N) is 2. The quantitative estimate of drug-likeness (QED) is 0.943. The van der Waals surface area contributed by atoms with Crippen LogP contribution in [0.2, 0.25) is 5.02 Å². The van der Waals surface area contributed by atoms with Crippen molar-refractivity contribution in [3.8, 4) is 0 Å². The second-order valence-electron chi connectivity index (χ2n) is 5.44. The number of nitrogens with one attached hydrogen (secondary N) is 1. The fourth-order valence-electron chi connectivity index (χ4n) is 2.49. The summed E-state index contributed by atoms with van der Waals surface area (Å²) in [4.78, 5) is 12.3. The number of benzene rings is 1. The van der Waals surface area contributed by atoms with Gasteiger partial charge in [0.2, 0.25) is 5.91 Å². The van der Waals surface area contributed by atoms with Crippen LogP contribution in [0.25, 0.3) is 0 Å². The second kappa shape index (κ2) is 5.90. The van der Waals surface area contributed by atoms with Gasteiger partial charge in [0.15, 0.2) is 0 Å². The van der Waals surface area contributed by atoms with Crippen LogP contribution in [0.15, 0.2) is 12.1 Å². The molecule has 0 bridgehead atoms. The van der Waals surface area contributed by atoms with Crippen LogP contribution in [0.5, 0.6) is 0 Å². The molecule has 1 aromatic heterocycles. The topological polar surface area (TPSA) is 46.9 Å². The SMILES string of the molecule is Cc1cc(C)c(NC(=O)Cc2c(C)nn(C)c2C)c(Cl)c1. The molecule has 21 heavy (non-hydrogen) atoms. The third kappa shape index (κ3) is 3.27. The lowest BCUT2D eigenvalue weighted by atomic mass is 10.1. The Kier molecular flexibility index (Phi) is 4.37. The molecule has 0 atom stereocenters. The summed E-state index contributed by atoms with van der Waals surface area (Å²) in [5, 5.41) is 7.81. The van der Waals surface area contributed by atoms with Crippen LogP contribution in [0.3, 0.4) is 0 Å². The number of aromatic nitrogens is 2. The fourth-order valence-corrected chi connectivity index (χ4v) is 2.86.